The molecule has 0 heterocycles. The molecule has 0 saturated carbocycles. The largest absolute Gasteiger partial charge is 0.0775 e. The van der Waals surface area contributed by atoms with Crippen molar-refractivity contribution in [2.75, 3.05) is 0 Å². The number of allylic oxidation sites excluding steroid dienone is 4. The third-order valence-electron chi connectivity index (χ3n) is 1.22. The summed E-state index contributed by atoms with van der Waals surface area (Å²) in [7, 11) is 0. The number of rotatable bonds is 0. The lowest BCUT2D eigenvalue weighted by atomic mass is 10.3. The predicted octanol–water partition coefficient (Wildman–Crippen LogP) is 4.34. The summed E-state index contributed by atoms with van der Waals surface area (Å²) < 4.78 is 0. The van der Waals surface area contributed by atoms with Gasteiger partial charge in [-0.15, -0.1) is 0 Å². The molecule has 0 heteroatoms. The summed E-state index contributed by atoms with van der Waals surface area (Å²) in [6, 6.07) is 0. The van der Waals surface area contributed by atoms with Crippen LogP contribution in [0.15, 0.2) is 23.3 Å². The van der Waals surface area contributed by atoms with Crippen molar-refractivity contribution in [2.45, 2.75) is 48.0 Å². The van der Waals surface area contributed by atoms with E-state index in [-0.39, 0.29) is 0 Å². The smallest absolute Gasteiger partial charge is 0.0133 e. The maximum Gasteiger partial charge on any atom is -0.0133 e. The second-order valence-corrected chi connectivity index (χ2v) is 2.14. The van der Waals surface area contributed by atoms with Gasteiger partial charge in [-0.25, -0.2) is 0 Å². The zero-order valence-corrected chi connectivity index (χ0v) is 8.86. The van der Waals surface area contributed by atoms with E-state index in [0.29, 0.717) is 0 Å². The molecule has 0 spiro atoms. The highest BCUT2D eigenvalue weighted by atomic mass is 14.0. The van der Waals surface area contributed by atoms with Crippen LogP contribution < -0.4 is 0 Å². The van der Waals surface area contributed by atoms with Gasteiger partial charge in [0.1, 0.15) is 0 Å². The highest BCUT2D eigenvalue weighted by molar-refractivity contribution is 5.29. The highest BCUT2D eigenvalue weighted by Gasteiger charge is 1.94. The van der Waals surface area contributed by atoms with Gasteiger partial charge < -0.3 is 0 Å². The topological polar surface area (TPSA) is 0 Å². The first-order chi connectivity index (χ1) is 5.29. The molecule has 1 aliphatic carbocycles. The Morgan fingerprint density at radius 3 is 1.55 bits per heavy atom. The molecule has 1 aliphatic rings. The molecule has 0 aliphatic heterocycles. The molecular weight excluding hydrogens is 132 g/mol. The van der Waals surface area contributed by atoms with Crippen LogP contribution in [0.3, 0.4) is 0 Å². The zero-order valence-electron chi connectivity index (χ0n) is 8.86. The summed E-state index contributed by atoms with van der Waals surface area (Å²) in [5.41, 5.74) is 2.90. The van der Waals surface area contributed by atoms with Crippen LogP contribution in [-0.4, -0.2) is 0 Å². The Morgan fingerprint density at radius 2 is 1.45 bits per heavy atom. The van der Waals surface area contributed by atoms with E-state index < -0.39 is 0 Å². The molecular formula is C11H22. The Morgan fingerprint density at radius 1 is 1.00 bits per heavy atom. The van der Waals surface area contributed by atoms with Crippen LogP contribution in [0.25, 0.3) is 0 Å². The van der Waals surface area contributed by atoms with Crippen LogP contribution in [0.2, 0.25) is 0 Å². The summed E-state index contributed by atoms with van der Waals surface area (Å²) in [4.78, 5) is 0. The monoisotopic (exact) mass is 154 g/mol. The fraction of sp³-hybridized carbons (Fsp3) is 0.636. The molecule has 0 aromatic rings. The van der Waals surface area contributed by atoms with Crippen molar-refractivity contribution in [1.82, 2.24) is 0 Å². The van der Waals surface area contributed by atoms with Gasteiger partial charge in [-0.3, -0.25) is 0 Å². The second kappa shape index (κ2) is 9.48. The summed E-state index contributed by atoms with van der Waals surface area (Å²) in [5, 5.41) is 0. The quantitative estimate of drug-likeness (QED) is 0.487. The first-order valence-electron chi connectivity index (χ1n) is 4.63. The van der Waals surface area contributed by atoms with Gasteiger partial charge in [-0.2, -0.15) is 0 Å². The van der Waals surface area contributed by atoms with E-state index in [1.807, 2.05) is 27.7 Å². The average molecular weight is 154 g/mol. The minimum Gasteiger partial charge on any atom is -0.0775 e. The zero-order chi connectivity index (χ0) is 9.28. The molecule has 0 nitrogen and oxygen atoms in total. The van der Waals surface area contributed by atoms with E-state index in [9.17, 15) is 0 Å². The van der Waals surface area contributed by atoms with Crippen LogP contribution >= 0.6 is 0 Å². The van der Waals surface area contributed by atoms with Gasteiger partial charge in [-0.05, 0) is 20.3 Å². The van der Waals surface area contributed by atoms with Crippen molar-refractivity contribution >= 4 is 0 Å². The van der Waals surface area contributed by atoms with Crippen molar-refractivity contribution < 1.29 is 0 Å². The maximum atomic E-state index is 2.25. The molecule has 0 atom stereocenters. The lowest BCUT2D eigenvalue weighted by Gasteiger charge is -1.79. The van der Waals surface area contributed by atoms with Crippen LogP contribution in [-0.2, 0) is 0 Å². The first-order valence-corrected chi connectivity index (χ1v) is 4.63. The number of hydrogen-bond acceptors (Lipinski definition) is 0. The van der Waals surface area contributed by atoms with Crippen LogP contribution in [0.5, 0.6) is 0 Å². The lowest BCUT2D eigenvalue weighted by Crippen LogP contribution is -1.59. The summed E-state index contributed by atoms with van der Waals surface area (Å²) in [6.07, 6.45) is 5.64. The van der Waals surface area contributed by atoms with E-state index in [1.165, 1.54) is 17.6 Å². The van der Waals surface area contributed by atoms with Crippen molar-refractivity contribution in [3.63, 3.8) is 0 Å². The van der Waals surface area contributed by atoms with Gasteiger partial charge in [0.2, 0.25) is 0 Å². The Bertz CT molecular complexity index is 127. The van der Waals surface area contributed by atoms with Crippen molar-refractivity contribution in [3.8, 4) is 0 Å². The molecule has 11 heavy (non-hydrogen) atoms. The SMILES string of the molecule is CC.CC.CC1=CCC(C)=C1. The molecule has 1 rings (SSSR count). The molecule has 0 aromatic carbocycles. The van der Waals surface area contributed by atoms with Gasteiger partial charge in [0, 0.05) is 0 Å². The lowest BCUT2D eigenvalue weighted by molar-refractivity contribution is 1.25. The maximum absolute atomic E-state index is 2.25. The van der Waals surface area contributed by atoms with Gasteiger partial charge in [0.25, 0.3) is 0 Å². The van der Waals surface area contributed by atoms with E-state index in [1.54, 1.807) is 0 Å². The van der Waals surface area contributed by atoms with Crippen LogP contribution in [0, 0.1) is 0 Å². The molecule has 0 unspecified atom stereocenters. The second-order valence-electron chi connectivity index (χ2n) is 2.14. The fourth-order valence-electron chi connectivity index (χ4n) is 0.828. The minimum atomic E-state index is 1.17. The Labute approximate surface area is 72.0 Å². The van der Waals surface area contributed by atoms with Crippen molar-refractivity contribution in [1.29, 1.82) is 0 Å². The normalized spacial score (nSPS) is 13.3. The molecule has 66 valence electrons. The van der Waals surface area contributed by atoms with Gasteiger partial charge in [-0.1, -0.05) is 51.0 Å². The van der Waals surface area contributed by atoms with Crippen LogP contribution in [0.1, 0.15) is 48.0 Å². The Hall–Kier alpha value is -0.520. The third-order valence-corrected chi connectivity index (χ3v) is 1.22. The van der Waals surface area contributed by atoms with Crippen molar-refractivity contribution in [3.05, 3.63) is 23.3 Å². The summed E-state index contributed by atoms with van der Waals surface area (Å²) in [6.45, 7) is 12.3. The predicted molar refractivity (Wildman–Crippen MR) is 54.8 cm³/mol. The van der Waals surface area contributed by atoms with Gasteiger partial charge >= 0.3 is 0 Å². The van der Waals surface area contributed by atoms with Gasteiger partial charge in [0.05, 0.1) is 0 Å². The molecule has 0 bridgehead atoms. The van der Waals surface area contributed by atoms with Crippen molar-refractivity contribution in [2.24, 2.45) is 0 Å². The van der Waals surface area contributed by atoms with Gasteiger partial charge in [0.15, 0.2) is 0 Å². The summed E-state index contributed by atoms with van der Waals surface area (Å²) in [5.74, 6) is 0. The third kappa shape index (κ3) is 7.38. The Balaban J connectivity index is 0. The average Bonchev–Trinajstić information content (AvgIpc) is 2.43. The Kier molecular flexibility index (Phi) is 11.3. The standard InChI is InChI=1S/C7H10.2C2H6/c1-6-3-4-7(2)5-6;2*1-2/h3,5H,4H2,1-2H3;2*1-2H3. The first kappa shape index (κ1) is 13.1. The molecule has 0 N–H and O–H groups in total. The van der Waals surface area contributed by atoms with E-state index >= 15 is 0 Å². The summed E-state index contributed by atoms with van der Waals surface area (Å²) >= 11 is 0. The van der Waals surface area contributed by atoms with Crippen LogP contribution in [0.4, 0.5) is 0 Å². The molecule has 0 amide bonds. The molecule has 0 aromatic heterocycles. The highest BCUT2D eigenvalue weighted by Crippen LogP contribution is 2.14. The minimum absolute atomic E-state index is 1.17. The van der Waals surface area contributed by atoms with E-state index in [2.05, 4.69) is 26.0 Å². The molecule has 0 saturated heterocycles. The molecule has 0 fully saturated rings. The molecule has 0 radical (unpaired) electrons. The van der Waals surface area contributed by atoms with E-state index in [4.69, 9.17) is 0 Å². The number of hydrogen-bond donors (Lipinski definition) is 0. The van der Waals surface area contributed by atoms with E-state index in [0.717, 1.165) is 0 Å². The fourth-order valence-corrected chi connectivity index (χ4v) is 0.828.